The topological polar surface area (TPSA) is 64.6 Å². The van der Waals surface area contributed by atoms with Crippen molar-refractivity contribution in [2.24, 2.45) is 5.92 Å². The molecule has 0 aliphatic heterocycles. The minimum absolute atomic E-state index is 0.0653. The number of benzene rings is 1. The molecule has 1 amide bonds. The van der Waals surface area contributed by atoms with Crippen LogP contribution in [0.2, 0.25) is 0 Å². The molecule has 1 fully saturated rings. The average molecular weight is 347 g/mol. The second-order valence-corrected chi connectivity index (χ2v) is 7.73. The lowest BCUT2D eigenvalue weighted by molar-refractivity contribution is -0.146. The maximum absolute atomic E-state index is 12.1. The Morgan fingerprint density at radius 2 is 1.88 bits per heavy atom. The summed E-state index contributed by atoms with van der Waals surface area (Å²) in [5.74, 6) is 0.0729. The van der Waals surface area contributed by atoms with Crippen molar-refractivity contribution >= 4 is 12.1 Å². The lowest BCUT2D eigenvalue weighted by Crippen LogP contribution is -2.41. The largest absolute Gasteiger partial charge is 0.461 e. The second-order valence-electron chi connectivity index (χ2n) is 7.73. The molecule has 5 heteroatoms. The van der Waals surface area contributed by atoms with Crippen LogP contribution in [0, 0.1) is 5.92 Å². The molecule has 5 nitrogen and oxygen atoms in total. The molecular formula is C20H29NO4. The monoisotopic (exact) mass is 347 g/mol. The van der Waals surface area contributed by atoms with Gasteiger partial charge in [0.2, 0.25) is 0 Å². The number of carbonyl (C=O) groups excluding carboxylic acids is 2. The Balaban J connectivity index is 1.73. The predicted octanol–water partition coefficient (Wildman–Crippen LogP) is 4.20. The molecule has 25 heavy (non-hydrogen) atoms. The lowest BCUT2D eigenvalue weighted by atomic mass is 9.84. The molecule has 1 N–H and O–H groups in total. The van der Waals surface area contributed by atoms with Crippen molar-refractivity contribution in [3.05, 3.63) is 35.9 Å². The molecule has 2 atom stereocenters. The van der Waals surface area contributed by atoms with Crippen LogP contribution >= 0.6 is 0 Å². The van der Waals surface area contributed by atoms with Gasteiger partial charge in [0.05, 0.1) is 0 Å². The summed E-state index contributed by atoms with van der Waals surface area (Å²) < 4.78 is 10.7. The van der Waals surface area contributed by atoms with Gasteiger partial charge in [-0.15, -0.1) is 0 Å². The van der Waals surface area contributed by atoms with Gasteiger partial charge in [-0.2, -0.15) is 0 Å². The van der Waals surface area contributed by atoms with Crippen molar-refractivity contribution in [2.45, 2.75) is 71.1 Å². The third-order valence-electron chi connectivity index (χ3n) is 4.20. The Hall–Kier alpha value is -2.04. The van der Waals surface area contributed by atoms with Crippen LogP contribution in [0.15, 0.2) is 30.3 Å². The van der Waals surface area contributed by atoms with Gasteiger partial charge in [0.25, 0.3) is 0 Å². The standard InChI is InChI=1S/C20H29NO4/c1-20(2,3)25-19(23)21-17-11-7-10-16(12-17)13-18(22)24-14-15-8-5-4-6-9-15/h4-6,8-9,16-17H,7,10-14H2,1-3H3,(H,21,23). The fraction of sp³-hybridized carbons (Fsp3) is 0.600. The zero-order valence-electron chi connectivity index (χ0n) is 15.4. The van der Waals surface area contributed by atoms with Crippen molar-refractivity contribution in [3.8, 4) is 0 Å². The summed E-state index contributed by atoms with van der Waals surface area (Å²) in [5, 5.41) is 2.92. The molecule has 1 aromatic rings. The van der Waals surface area contributed by atoms with E-state index >= 15 is 0 Å². The Labute approximate surface area is 150 Å². The van der Waals surface area contributed by atoms with Gasteiger partial charge in [0.1, 0.15) is 12.2 Å². The summed E-state index contributed by atoms with van der Waals surface area (Å²) in [4.78, 5) is 24.0. The molecule has 2 unspecified atom stereocenters. The van der Waals surface area contributed by atoms with Crippen LogP contribution in [0.3, 0.4) is 0 Å². The van der Waals surface area contributed by atoms with E-state index in [9.17, 15) is 9.59 Å². The highest BCUT2D eigenvalue weighted by Gasteiger charge is 2.27. The number of rotatable bonds is 5. The van der Waals surface area contributed by atoms with E-state index in [-0.39, 0.29) is 24.0 Å². The van der Waals surface area contributed by atoms with Crippen LogP contribution in [0.4, 0.5) is 4.79 Å². The fourth-order valence-corrected chi connectivity index (χ4v) is 3.11. The van der Waals surface area contributed by atoms with Crippen LogP contribution in [0.5, 0.6) is 0 Å². The smallest absolute Gasteiger partial charge is 0.407 e. The number of nitrogens with one attached hydrogen (secondary N) is 1. The Morgan fingerprint density at radius 3 is 2.56 bits per heavy atom. The first-order valence-electron chi connectivity index (χ1n) is 9.01. The summed E-state index contributed by atoms with van der Waals surface area (Å²) in [7, 11) is 0. The van der Waals surface area contributed by atoms with Crippen molar-refractivity contribution in [3.63, 3.8) is 0 Å². The molecule has 0 heterocycles. The van der Waals surface area contributed by atoms with Gasteiger partial charge in [-0.1, -0.05) is 36.8 Å². The van der Waals surface area contributed by atoms with E-state index in [1.807, 2.05) is 51.1 Å². The summed E-state index contributed by atoms with van der Waals surface area (Å²) in [5.41, 5.74) is 0.489. The molecule has 1 aromatic carbocycles. The first-order valence-corrected chi connectivity index (χ1v) is 9.01. The fourth-order valence-electron chi connectivity index (χ4n) is 3.11. The second kappa shape index (κ2) is 8.88. The van der Waals surface area contributed by atoms with Crippen molar-refractivity contribution < 1.29 is 19.1 Å². The number of hydrogen-bond acceptors (Lipinski definition) is 4. The number of alkyl carbamates (subject to hydrolysis) is 1. The van der Waals surface area contributed by atoms with Crippen LogP contribution in [0.25, 0.3) is 0 Å². The van der Waals surface area contributed by atoms with E-state index in [1.54, 1.807) is 0 Å². The number of carbonyl (C=O) groups is 2. The summed E-state index contributed by atoms with van der Waals surface area (Å²) in [6.07, 6.45) is 3.72. The summed E-state index contributed by atoms with van der Waals surface area (Å²) in [6.45, 7) is 5.85. The SMILES string of the molecule is CC(C)(C)OC(=O)NC1CCCC(CC(=O)OCc2ccccc2)C1. The van der Waals surface area contributed by atoms with Crippen LogP contribution < -0.4 is 5.32 Å². The van der Waals surface area contributed by atoms with Crippen LogP contribution in [0.1, 0.15) is 58.4 Å². The first-order chi connectivity index (χ1) is 11.8. The van der Waals surface area contributed by atoms with Gasteiger partial charge in [0.15, 0.2) is 0 Å². The normalized spacial score (nSPS) is 20.6. The summed E-state index contributed by atoms with van der Waals surface area (Å²) in [6, 6.07) is 9.73. The Kier molecular flexibility index (Phi) is 6.85. The maximum Gasteiger partial charge on any atom is 0.407 e. The minimum atomic E-state index is -0.501. The third-order valence-corrected chi connectivity index (χ3v) is 4.20. The molecule has 138 valence electrons. The van der Waals surface area contributed by atoms with E-state index in [0.717, 1.165) is 31.2 Å². The first kappa shape index (κ1) is 19.3. The van der Waals surface area contributed by atoms with E-state index in [4.69, 9.17) is 9.47 Å². The van der Waals surface area contributed by atoms with Gasteiger partial charge in [0, 0.05) is 12.5 Å². The average Bonchev–Trinajstić information content (AvgIpc) is 2.52. The molecule has 0 spiro atoms. The molecule has 0 aromatic heterocycles. The van der Waals surface area contributed by atoms with Gasteiger partial charge in [-0.3, -0.25) is 4.79 Å². The number of ether oxygens (including phenoxy) is 2. The zero-order chi connectivity index (χ0) is 18.3. The molecule has 0 bridgehead atoms. The number of hydrogen-bond donors (Lipinski definition) is 1. The van der Waals surface area contributed by atoms with Gasteiger partial charge in [-0.25, -0.2) is 4.79 Å². The highest BCUT2D eigenvalue weighted by atomic mass is 16.6. The molecule has 0 radical (unpaired) electrons. The van der Waals surface area contributed by atoms with Gasteiger partial charge < -0.3 is 14.8 Å². The van der Waals surface area contributed by atoms with Crippen molar-refractivity contribution in [2.75, 3.05) is 0 Å². The van der Waals surface area contributed by atoms with E-state index in [0.29, 0.717) is 13.0 Å². The maximum atomic E-state index is 12.1. The highest BCUT2D eigenvalue weighted by Crippen LogP contribution is 2.27. The molecule has 1 saturated carbocycles. The van der Waals surface area contributed by atoms with E-state index in [1.165, 1.54) is 0 Å². The van der Waals surface area contributed by atoms with Crippen molar-refractivity contribution in [1.29, 1.82) is 0 Å². The van der Waals surface area contributed by atoms with Gasteiger partial charge in [-0.05, 0) is 51.5 Å². The van der Waals surface area contributed by atoms with E-state index in [2.05, 4.69) is 5.32 Å². The number of esters is 1. The van der Waals surface area contributed by atoms with Crippen molar-refractivity contribution in [1.82, 2.24) is 5.32 Å². The molecule has 2 rings (SSSR count). The third kappa shape index (κ3) is 7.59. The van der Waals surface area contributed by atoms with Crippen LogP contribution in [-0.4, -0.2) is 23.7 Å². The highest BCUT2D eigenvalue weighted by molar-refractivity contribution is 5.70. The minimum Gasteiger partial charge on any atom is -0.461 e. The summed E-state index contributed by atoms with van der Waals surface area (Å²) >= 11 is 0. The number of amides is 1. The Morgan fingerprint density at radius 1 is 1.16 bits per heavy atom. The molecule has 1 aliphatic carbocycles. The van der Waals surface area contributed by atoms with E-state index < -0.39 is 5.60 Å². The Bertz CT molecular complexity index is 565. The lowest BCUT2D eigenvalue weighted by Gasteiger charge is -2.30. The zero-order valence-corrected chi connectivity index (χ0v) is 15.4. The molecule has 0 saturated heterocycles. The quantitative estimate of drug-likeness (QED) is 0.811. The predicted molar refractivity (Wildman–Crippen MR) is 96.0 cm³/mol. The van der Waals surface area contributed by atoms with Gasteiger partial charge >= 0.3 is 12.1 Å². The van der Waals surface area contributed by atoms with Crippen LogP contribution in [-0.2, 0) is 20.9 Å². The molecule has 1 aliphatic rings. The molecular weight excluding hydrogens is 318 g/mol.